The summed E-state index contributed by atoms with van der Waals surface area (Å²) < 4.78 is 40.3. The maximum absolute atomic E-state index is 14.6. The van der Waals surface area contributed by atoms with Crippen LogP contribution in [0.1, 0.15) is 62.0 Å². The molecule has 0 aliphatic heterocycles. The van der Waals surface area contributed by atoms with Gasteiger partial charge in [0.1, 0.15) is 11.9 Å². The molecule has 1 aromatic rings. The molecule has 1 heterocycles. The van der Waals surface area contributed by atoms with Crippen molar-refractivity contribution in [2.24, 2.45) is 0 Å². The van der Waals surface area contributed by atoms with Gasteiger partial charge in [-0.05, 0) is 56.7 Å². The predicted molar refractivity (Wildman–Crippen MR) is 99.4 cm³/mol. The maximum atomic E-state index is 14.6. The summed E-state index contributed by atoms with van der Waals surface area (Å²) in [7, 11) is 0. The average molecular weight is 393 g/mol. The van der Waals surface area contributed by atoms with E-state index in [4.69, 9.17) is 14.6 Å². The van der Waals surface area contributed by atoms with Crippen LogP contribution in [0.2, 0.25) is 0 Å². The van der Waals surface area contributed by atoms with E-state index in [-0.39, 0.29) is 32.0 Å². The number of hydrogen-bond donors (Lipinski definition) is 1. The van der Waals surface area contributed by atoms with Gasteiger partial charge in [0.25, 0.3) is 0 Å². The highest BCUT2D eigenvalue weighted by molar-refractivity contribution is 5.66. The zero-order chi connectivity index (χ0) is 20.1. The van der Waals surface area contributed by atoms with Crippen molar-refractivity contribution >= 4 is 5.97 Å². The van der Waals surface area contributed by atoms with Crippen molar-refractivity contribution in [1.29, 1.82) is 0 Å². The molecule has 0 spiro atoms. The Labute approximate surface area is 163 Å². The lowest BCUT2D eigenvalue weighted by Crippen LogP contribution is -2.15. The summed E-state index contributed by atoms with van der Waals surface area (Å²) >= 11 is 0. The number of carboxylic acid groups (broad SMARTS) is 1. The van der Waals surface area contributed by atoms with Crippen LogP contribution >= 0.6 is 0 Å². The van der Waals surface area contributed by atoms with Crippen molar-refractivity contribution in [2.45, 2.75) is 63.9 Å². The third kappa shape index (κ3) is 5.09. The van der Waals surface area contributed by atoms with Crippen molar-refractivity contribution in [1.82, 2.24) is 4.98 Å². The predicted octanol–water partition coefficient (Wildman–Crippen LogP) is 5.11. The molecule has 3 rings (SSSR count). The molecule has 1 fully saturated rings. The maximum Gasteiger partial charge on any atom is 0.303 e. The van der Waals surface area contributed by atoms with E-state index in [1.165, 1.54) is 6.08 Å². The van der Waals surface area contributed by atoms with Crippen molar-refractivity contribution in [3.63, 3.8) is 0 Å². The number of ether oxygens (including phenoxy) is 2. The first-order valence-electron chi connectivity index (χ1n) is 9.68. The van der Waals surface area contributed by atoms with Crippen molar-refractivity contribution < 1.29 is 28.2 Å². The van der Waals surface area contributed by atoms with Gasteiger partial charge in [0.2, 0.25) is 5.88 Å². The number of pyridine rings is 1. The first kappa shape index (κ1) is 20.3. The monoisotopic (exact) mass is 393 g/mol. The van der Waals surface area contributed by atoms with E-state index in [1.807, 2.05) is 13.0 Å². The van der Waals surface area contributed by atoms with Gasteiger partial charge in [-0.25, -0.2) is 13.8 Å². The van der Waals surface area contributed by atoms with Crippen molar-refractivity contribution in [3.05, 3.63) is 46.9 Å². The van der Waals surface area contributed by atoms with E-state index in [2.05, 4.69) is 4.98 Å². The van der Waals surface area contributed by atoms with Gasteiger partial charge in [-0.2, -0.15) is 0 Å². The van der Waals surface area contributed by atoms with Crippen LogP contribution in [0.4, 0.5) is 8.78 Å². The smallest absolute Gasteiger partial charge is 0.303 e. The summed E-state index contributed by atoms with van der Waals surface area (Å²) in [4.78, 5) is 14.9. The fourth-order valence-corrected chi connectivity index (χ4v) is 3.58. The number of rotatable bonds is 8. The van der Waals surface area contributed by atoms with Gasteiger partial charge in [-0.15, -0.1) is 0 Å². The Morgan fingerprint density at radius 3 is 2.75 bits per heavy atom. The molecule has 2 aliphatic rings. The number of halogens is 2. The number of aliphatic carboxylic acids is 1. The molecule has 5 nitrogen and oxygen atoms in total. The average Bonchev–Trinajstić information content (AvgIpc) is 3.14. The first-order valence-corrected chi connectivity index (χ1v) is 9.68. The molecule has 1 unspecified atom stereocenters. The summed E-state index contributed by atoms with van der Waals surface area (Å²) in [5, 5.41) is 8.62. The molecule has 2 aliphatic carbocycles. The summed E-state index contributed by atoms with van der Waals surface area (Å²) in [6.07, 6.45) is 7.30. The van der Waals surface area contributed by atoms with E-state index in [0.29, 0.717) is 11.4 Å². The summed E-state index contributed by atoms with van der Waals surface area (Å²) in [5.74, 6) is -2.97. The first-order chi connectivity index (χ1) is 13.4. The third-order valence-electron chi connectivity index (χ3n) is 4.99. The molecule has 28 heavy (non-hydrogen) atoms. The number of allylic oxidation sites excluding steroid dienone is 3. The molecule has 1 saturated carbocycles. The van der Waals surface area contributed by atoms with Gasteiger partial charge in [0.15, 0.2) is 11.6 Å². The Hall–Kier alpha value is -2.44. The molecule has 1 atom stereocenters. The summed E-state index contributed by atoms with van der Waals surface area (Å²) in [6, 6.07) is 1.86. The van der Waals surface area contributed by atoms with Crippen LogP contribution in [0.5, 0.6) is 5.88 Å². The lowest BCUT2D eigenvalue weighted by atomic mass is 9.91. The molecule has 1 N–H and O–H groups in total. The van der Waals surface area contributed by atoms with Crippen LogP contribution < -0.4 is 4.74 Å². The van der Waals surface area contributed by atoms with Gasteiger partial charge >= 0.3 is 5.97 Å². The van der Waals surface area contributed by atoms with E-state index < -0.39 is 29.3 Å². The minimum absolute atomic E-state index is 0.0478. The Bertz CT molecular complexity index is 785. The Kier molecular flexibility index (Phi) is 6.65. The van der Waals surface area contributed by atoms with Gasteiger partial charge in [0.05, 0.1) is 6.61 Å². The Morgan fingerprint density at radius 2 is 2.07 bits per heavy atom. The Morgan fingerprint density at radius 1 is 1.32 bits per heavy atom. The SMILES string of the molecule is Cc1cnc(OC2CCCC2)c(C2C=C(F)C(OCCCC(=O)O)=C(F)C2)c1. The summed E-state index contributed by atoms with van der Waals surface area (Å²) in [6.45, 7) is 1.82. The van der Waals surface area contributed by atoms with Crippen molar-refractivity contribution in [3.8, 4) is 5.88 Å². The molecule has 0 radical (unpaired) electrons. The van der Waals surface area contributed by atoms with Crippen LogP contribution in [-0.4, -0.2) is 28.8 Å². The normalized spacial score (nSPS) is 20.2. The van der Waals surface area contributed by atoms with Crippen LogP contribution in [0.15, 0.2) is 35.8 Å². The highest BCUT2D eigenvalue weighted by atomic mass is 19.1. The molecule has 0 bridgehead atoms. The van der Waals surface area contributed by atoms with Gasteiger partial charge < -0.3 is 14.6 Å². The fourth-order valence-electron chi connectivity index (χ4n) is 3.58. The number of hydrogen-bond acceptors (Lipinski definition) is 4. The van der Waals surface area contributed by atoms with Gasteiger partial charge in [0, 0.05) is 30.5 Å². The second-order valence-corrected chi connectivity index (χ2v) is 7.34. The summed E-state index contributed by atoms with van der Waals surface area (Å²) in [5.41, 5.74) is 1.56. The second kappa shape index (κ2) is 9.17. The zero-order valence-corrected chi connectivity index (χ0v) is 15.9. The zero-order valence-electron chi connectivity index (χ0n) is 15.9. The molecule has 0 amide bonds. The topological polar surface area (TPSA) is 68.7 Å². The van der Waals surface area contributed by atoms with Crippen LogP contribution in [0, 0.1) is 6.92 Å². The van der Waals surface area contributed by atoms with E-state index in [0.717, 1.165) is 31.2 Å². The van der Waals surface area contributed by atoms with Gasteiger partial charge in [-0.3, -0.25) is 4.79 Å². The Balaban J connectivity index is 1.73. The molecule has 1 aromatic heterocycles. The highest BCUT2D eigenvalue weighted by Gasteiger charge is 2.29. The van der Waals surface area contributed by atoms with E-state index in [1.54, 1.807) is 6.20 Å². The minimum Gasteiger partial charge on any atom is -0.488 e. The fraction of sp³-hybridized carbons (Fsp3) is 0.524. The second-order valence-electron chi connectivity index (χ2n) is 7.34. The lowest BCUT2D eigenvalue weighted by molar-refractivity contribution is -0.137. The standard InChI is InChI=1S/C21H25F2NO4/c1-13-9-16(21(24-12-13)28-15-5-2-3-6-15)14-10-17(22)20(18(23)11-14)27-8-4-7-19(25)26/h9-10,12,14-15H,2-8,11H2,1H3,(H,25,26). The van der Waals surface area contributed by atoms with Gasteiger partial charge in [-0.1, -0.05) is 0 Å². The molecular weight excluding hydrogens is 368 g/mol. The van der Waals surface area contributed by atoms with E-state index >= 15 is 0 Å². The molecule has 152 valence electrons. The van der Waals surface area contributed by atoms with E-state index in [9.17, 15) is 13.6 Å². The van der Waals surface area contributed by atoms with Crippen LogP contribution in [-0.2, 0) is 9.53 Å². The number of carboxylic acids is 1. The van der Waals surface area contributed by atoms with Crippen LogP contribution in [0.25, 0.3) is 0 Å². The minimum atomic E-state index is -0.973. The number of aromatic nitrogens is 1. The number of aryl methyl sites for hydroxylation is 1. The van der Waals surface area contributed by atoms with Crippen molar-refractivity contribution in [2.75, 3.05) is 6.61 Å². The highest BCUT2D eigenvalue weighted by Crippen LogP contribution is 2.40. The van der Waals surface area contributed by atoms with Crippen LogP contribution in [0.3, 0.4) is 0 Å². The third-order valence-corrected chi connectivity index (χ3v) is 4.99. The molecule has 0 aromatic carbocycles. The molecular formula is C21H25F2NO4. The number of nitrogens with zero attached hydrogens (tertiary/aromatic N) is 1. The lowest BCUT2D eigenvalue weighted by Gasteiger charge is -2.23. The molecule has 0 saturated heterocycles. The molecule has 7 heteroatoms. The number of carbonyl (C=O) groups is 1. The largest absolute Gasteiger partial charge is 0.488 e. The quantitative estimate of drug-likeness (QED) is 0.621.